The van der Waals surface area contributed by atoms with E-state index in [1.54, 1.807) is 12.4 Å². The van der Waals surface area contributed by atoms with Crippen molar-refractivity contribution in [3.05, 3.63) is 41.0 Å². The zero-order chi connectivity index (χ0) is 19.5. The van der Waals surface area contributed by atoms with E-state index < -0.39 is 0 Å². The fourth-order valence-corrected chi connectivity index (χ4v) is 4.47. The van der Waals surface area contributed by atoms with Gasteiger partial charge in [-0.3, -0.25) is 4.79 Å². The summed E-state index contributed by atoms with van der Waals surface area (Å²) in [6, 6.07) is 6.18. The van der Waals surface area contributed by atoms with Crippen LogP contribution in [0, 0.1) is 6.92 Å². The Morgan fingerprint density at radius 2 is 2.00 bits per heavy atom. The van der Waals surface area contributed by atoms with Crippen LogP contribution in [0.2, 0.25) is 0 Å². The van der Waals surface area contributed by atoms with Gasteiger partial charge in [0.25, 0.3) is 5.91 Å². The number of aromatic nitrogens is 2. The predicted octanol–water partition coefficient (Wildman–Crippen LogP) is 2.54. The summed E-state index contributed by atoms with van der Waals surface area (Å²) in [6.45, 7) is 4.95. The molecule has 28 heavy (non-hydrogen) atoms. The molecule has 0 spiro atoms. The largest absolute Gasteiger partial charge is 0.395 e. The van der Waals surface area contributed by atoms with Crippen LogP contribution >= 0.6 is 11.3 Å². The van der Waals surface area contributed by atoms with E-state index in [-0.39, 0.29) is 12.5 Å². The lowest BCUT2D eigenvalue weighted by atomic mass is 10.1. The second-order valence-electron chi connectivity index (χ2n) is 6.62. The van der Waals surface area contributed by atoms with Gasteiger partial charge in [-0.25, -0.2) is 9.97 Å². The third-order valence-corrected chi connectivity index (χ3v) is 6.05. The highest BCUT2D eigenvalue weighted by Crippen LogP contribution is 2.34. The Bertz CT molecular complexity index is 981. The maximum Gasteiger partial charge on any atom is 0.264 e. The molecule has 4 rings (SSSR count). The van der Waals surface area contributed by atoms with Gasteiger partial charge in [-0.05, 0) is 29.5 Å². The minimum atomic E-state index is 0.0328. The van der Waals surface area contributed by atoms with Gasteiger partial charge in [-0.2, -0.15) is 0 Å². The Labute approximate surface area is 167 Å². The molecule has 2 N–H and O–H groups in total. The van der Waals surface area contributed by atoms with Gasteiger partial charge in [0.1, 0.15) is 0 Å². The first kappa shape index (κ1) is 18.8. The number of carbonyl (C=O) groups excluding carboxylic acids is 1. The molecule has 1 fully saturated rings. The van der Waals surface area contributed by atoms with Crippen LogP contribution in [0.5, 0.6) is 0 Å². The Morgan fingerprint density at radius 3 is 2.71 bits per heavy atom. The van der Waals surface area contributed by atoms with Crippen molar-refractivity contribution in [1.29, 1.82) is 0 Å². The molecular weight excluding hydrogens is 376 g/mol. The van der Waals surface area contributed by atoms with Crippen molar-refractivity contribution >= 4 is 33.3 Å². The van der Waals surface area contributed by atoms with Gasteiger partial charge in [0.15, 0.2) is 0 Å². The molecule has 7 nitrogen and oxygen atoms in total. The SMILES string of the molecule is Cc1c(C(=O)N2CCOCC2)sc2cc(-c3cnc(NCCO)nc3)ccc12. The van der Waals surface area contributed by atoms with E-state index in [2.05, 4.69) is 27.4 Å². The number of thiophene rings is 1. The van der Waals surface area contributed by atoms with Gasteiger partial charge < -0.3 is 20.1 Å². The molecule has 146 valence electrons. The number of aliphatic hydroxyl groups is 1. The number of amides is 1. The molecule has 3 aromatic rings. The van der Waals surface area contributed by atoms with Crippen molar-refractivity contribution in [2.24, 2.45) is 0 Å². The van der Waals surface area contributed by atoms with Gasteiger partial charge >= 0.3 is 0 Å². The molecule has 0 radical (unpaired) electrons. The smallest absolute Gasteiger partial charge is 0.264 e. The van der Waals surface area contributed by atoms with E-state index in [1.165, 1.54) is 11.3 Å². The normalized spacial score (nSPS) is 14.4. The predicted molar refractivity (Wildman–Crippen MR) is 110 cm³/mol. The summed E-state index contributed by atoms with van der Waals surface area (Å²) in [5, 5.41) is 12.9. The fourth-order valence-electron chi connectivity index (χ4n) is 3.26. The van der Waals surface area contributed by atoms with Gasteiger partial charge in [0.05, 0.1) is 24.7 Å². The molecule has 1 aliphatic rings. The Balaban J connectivity index is 1.61. The van der Waals surface area contributed by atoms with Crippen molar-refractivity contribution < 1.29 is 14.6 Å². The van der Waals surface area contributed by atoms with Crippen LogP contribution in [0.4, 0.5) is 5.95 Å². The van der Waals surface area contributed by atoms with Gasteiger partial charge in [-0.1, -0.05) is 12.1 Å². The summed E-state index contributed by atoms with van der Waals surface area (Å²) in [4.78, 5) is 24.1. The minimum absolute atomic E-state index is 0.0328. The number of anilines is 1. The number of hydrogen-bond donors (Lipinski definition) is 2. The highest BCUT2D eigenvalue weighted by molar-refractivity contribution is 7.21. The van der Waals surface area contributed by atoms with Gasteiger partial charge in [-0.15, -0.1) is 11.3 Å². The summed E-state index contributed by atoms with van der Waals surface area (Å²) in [7, 11) is 0. The molecule has 0 atom stereocenters. The number of aliphatic hydroxyl groups excluding tert-OH is 1. The first-order valence-electron chi connectivity index (χ1n) is 9.24. The van der Waals surface area contributed by atoms with E-state index in [1.807, 2.05) is 17.9 Å². The summed E-state index contributed by atoms with van der Waals surface area (Å²) in [6.07, 6.45) is 3.52. The lowest BCUT2D eigenvalue weighted by Crippen LogP contribution is -2.40. The standard InChI is InChI=1S/C20H22N4O3S/c1-13-16-3-2-14(15-11-22-20(23-12-15)21-4-7-25)10-17(16)28-18(13)19(26)24-5-8-27-9-6-24/h2-3,10-12,25H,4-9H2,1H3,(H,21,22,23). The molecule has 1 amide bonds. The molecule has 0 aliphatic carbocycles. The van der Waals surface area contributed by atoms with Crippen LogP contribution in [0.25, 0.3) is 21.2 Å². The Hall–Kier alpha value is -2.55. The lowest BCUT2D eigenvalue weighted by Gasteiger charge is -2.26. The van der Waals surface area contributed by atoms with E-state index in [4.69, 9.17) is 9.84 Å². The maximum atomic E-state index is 12.9. The second kappa shape index (κ2) is 8.22. The van der Waals surface area contributed by atoms with Crippen molar-refractivity contribution in [3.63, 3.8) is 0 Å². The third-order valence-electron chi connectivity index (χ3n) is 4.81. The molecule has 0 saturated carbocycles. The number of rotatable bonds is 5. The summed E-state index contributed by atoms with van der Waals surface area (Å²) < 4.78 is 6.43. The summed E-state index contributed by atoms with van der Waals surface area (Å²) in [5.74, 6) is 0.579. The first-order chi connectivity index (χ1) is 13.7. The van der Waals surface area contributed by atoms with E-state index in [9.17, 15) is 4.79 Å². The number of ether oxygens (including phenoxy) is 1. The first-order valence-corrected chi connectivity index (χ1v) is 10.1. The number of benzene rings is 1. The third kappa shape index (κ3) is 3.71. The monoisotopic (exact) mass is 398 g/mol. The molecule has 0 unspecified atom stereocenters. The second-order valence-corrected chi connectivity index (χ2v) is 7.67. The number of morpholine rings is 1. The van der Waals surface area contributed by atoms with Crippen molar-refractivity contribution in [2.45, 2.75) is 6.92 Å². The van der Waals surface area contributed by atoms with Crippen LogP contribution in [0.3, 0.4) is 0 Å². The highest BCUT2D eigenvalue weighted by atomic mass is 32.1. The molecule has 0 bridgehead atoms. The van der Waals surface area contributed by atoms with E-state index >= 15 is 0 Å². The number of nitrogens with zero attached hydrogens (tertiary/aromatic N) is 3. The van der Waals surface area contributed by atoms with Crippen LogP contribution in [0.1, 0.15) is 15.2 Å². The molecular formula is C20H22N4O3S. The van der Waals surface area contributed by atoms with Crippen LogP contribution in [-0.2, 0) is 4.74 Å². The van der Waals surface area contributed by atoms with Crippen LogP contribution in [-0.4, -0.2) is 65.3 Å². The number of fused-ring (bicyclic) bond motifs is 1. The molecule has 1 saturated heterocycles. The zero-order valence-corrected chi connectivity index (χ0v) is 16.5. The van der Waals surface area contributed by atoms with Crippen LogP contribution < -0.4 is 5.32 Å². The summed E-state index contributed by atoms with van der Waals surface area (Å²) in [5.41, 5.74) is 2.94. The topological polar surface area (TPSA) is 87.6 Å². The van der Waals surface area contributed by atoms with Gasteiger partial charge in [0.2, 0.25) is 5.95 Å². The number of nitrogens with one attached hydrogen (secondary N) is 1. The highest BCUT2D eigenvalue weighted by Gasteiger charge is 2.23. The fraction of sp³-hybridized carbons (Fsp3) is 0.350. The van der Waals surface area contributed by atoms with Crippen molar-refractivity contribution in [2.75, 3.05) is 44.8 Å². The molecule has 1 aliphatic heterocycles. The van der Waals surface area contributed by atoms with Crippen molar-refractivity contribution in [3.8, 4) is 11.1 Å². The van der Waals surface area contributed by atoms with E-state index in [0.29, 0.717) is 38.8 Å². The Kier molecular flexibility index (Phi) is 5.52. The number of carbonyl (C=O) groups is 1. The number of hydrogen-bond acceptors (Lipinski definition) is 7. The van der Waals surface area contributed by atoms with Crippen LogP contribution in [0.15, 0.2) is 30.6 Å². The number of aryl methyl sites for hydroxylation is 1. The maximum absolute atomic E-state index is 12.9. The lowest BCUT2D eigenvalue weighted by molar-refractivity contribution is 0.0306. The average Bonchev–Trinajstić information content (AvgIpc) is 3.08. The van der Waals surface area contributed by atoms with Gasteiger partial charge in [0, 0.05) is 42.3 Å². The molecule has 2 aromatic heterocycles. The summed E-state index contributed by atoms with van der Waals surface area (Å²) >= 11 is 1.54. The van der Waals surface area contributed by atoms with E-state index in [0.717, 1.165) is 31.7 Å². The quantitative estimate of drug-likeness (QED) is 0.687. The average molecular weight is 398 g/mol. The molecule has 1 aromatic carbocycles. The zero-order valence-electron chi connectivity index (χ0n) is 15.6. The van der Waals surface area contributed by atoms with Crippen molar-refractivity contribution in [1.82, 2.24) is 14.9 Å². The Morgan fingerprint density at radius 1 is 1.25 bits per heavy atom. The molecule has 3 heterocycles. The minimum Gasteiger partial charge on any atom is -0.395 e. The molecule has 8 heteroatoms.